The number of carbonyl (C=O) groups excluding carboxylic acids is 2. The van der Waals surface area contributed by atoms with E-state index >= 15 is 0 Å². The molecule has 6 rings (SSSR count). The molecule has 1 fully saturated rings. The summed E-state index contributed by atoms with van der Waals surface area (Å²) in [5, 5.41) is 6.23. The van der Waals surface area contributed by atoms with Gasteiger partial charge >= 0.3 is 0 Å². The Kier molecular flexibility index (Phi) is 4.38. The van der Waals surface area contributed by atoms with Gasteiger partial charge in [0.1, 0.15) is 11.9 Å². The molecule has 2 aliphatic rings. The van der Waals surface area contributed by atoms with Gasteiger partial charge in [0.25, 0.3) is 11.7 Å². The maximum Gasteiger partial charge on any atom is 0.293 e. The summed E-state index contributed by atoms with van der Waals surface area (Å²) in [6.45, 7) is 1.16. The molecule has 2 aliphatic heterocycles. The Bertz CT molecular complexity index is 1330. The van der Waals surface area contributed by atoms with Crippen LogP contribution >= 0.6 is 0 Å². The SMILES string of the molecule is O=C1CC(C2CCCN(C(=O)c3nc4ncccn4n3)C2)Oc2ccc3ccccc3c21. The van der Waals surface area contributed by atoms with Crippen LogP contribution in [0.3, 0.4) is 0 Å². The number of nitrogens with zero attached hydrogens (tertiary/aromatic N) is 5. The van der Waals surface area contributed by atoms with Gasteiger partial charge in [-0.05, 0) is 35.7 Å². The lowest BCUT2D eigenvalue weighted by Crippen LogP contribution is -2.46. The lowest BCUT2D eigenvalue weighted by atomic mass is 9.85. The van der Waals surface area contributed by atoms with Crippen molar-refractivity contribution in [3.05, 3.63) is 66.2 Å². The minimum absolute atomic E-state index is 0.0754. The molecule has 2 aromatic heterocycles. The number of amides is 1. The summed E-state index contributed by atoms with van der Waals surface area (Å²) >= 11 is 0. The third-order valence-electron chi connectivity index (χ3n) is 6.41. The second-order valence-corrected chi connectivity index (χ2v) is 8.40. The van der Waals surface area contributed by atoms with Crippen LogP contribution in [0.4, 0.5) is 0 Å². The fourth-order valence-corrected chi connectivity index (χ4v) is 4.85. The zero-order chi connectivity index (χ0) is 21.7. The van der Waals surface area contributed by atoms with Gasteiger partial charge in [-0.1, -0.05) is 30.3 Å². The number of hydrogen-bond acceptors (Lipinski definition) is 6. The van der Waals surface area contributed by atoms with E-state index in [9.17, 15) is 9.59 Å². The highest BCUT2D eigenvalue weighted by atomic mass is 16.5. The molecule has 0 spiro atoms. The zero-order valence-electron chi connectivity index (χ0n) is 17.3. The molecule has 0 N–H and O–H groups in total. The highest BCUT2D eigenvalue weighted by Crippen LogP contribution is 2.37. The number of ether oxygens (including phenoxy) is 1. The van der Waals surface area contributed by atoms with E-state index in [1.807, 2.05) is 36.4 Å². The number of ketones is 1. The Balaban J connectivity index is 1.23. The summed E-state index contributed by atoms with van der Waals surface area (Å²) < 4.78 is 7.83. The van der Waals surface area contributed by atoms with Crippen molar-refractivity contribution in [2.24, 2.45) is 5.92 Å². The van der Waals surface area contributed by atoms with Crippen molar-refractivity contribution in [1.82, 2.24) is 24.5 Å². The quantitative estimate of drug-likeness (QED) is 0.488. The first-order valence-electron chi connectivity index (χ1n) is 10.9. The topological polar surface area (TPSA) is 89.7 Å². The van der Waals surface area contributed by atoms with Crippen molar-refractivity contribution in [1.29, 1.82) is 0 Å². The maximum absolute atomic E-state index is 13.1. The molecule has 4 aromatic rings. The van der Waals surface area contributed by atoms with Gasteiger partial charge in [0.2, 0.25) is 5.82 Å². The Morgan fingerprint density at radius 1 is 1.12 bits per heavy atom. The number of fused-ring (bicyclic) bond motifs is 4. The average Bonchev–Trinajstić information content (AvgIpc) is 3.27. The minimum Gasteiger partial charge on any atom is -0.489 e. The fraction of sp³-hybridized carbons (Fsp3) is 0.292. The van der Waals surface area contributed by atoms with Crippen LogP contribution < -0.4 is 4.74 Å². The summed E-state index contributed by atoms with van der Waals surface area (Å²) in [5.74, 6) is 1.14. The number of rotatable bonds is 2. The van der Waals surface area contributed by atoms with Crippen molar-refractivity contribution < 1.29 is 14.3 Å². The summed E-state index contributed by atoms with van der Waals surface area (Å²) in [6, 6.07) is 13.5. The molecule has 0 saturated carbocycles. The van der Waals surface area contributed by atoms with Gasteiger partial charge < -0.3 is 9.64 Å². The molecule has 32 heavy (non-hydrogen) atoms. The van der Waals surface area contributed by atoms with Crippen LogP contribution in [0.1, 0.15) is 40.2 Å². The summed E-state index contributed by atoms with van der Waals surface area (Å²) in [4.78, 5) is 36.3. The summed E-state index contributed by atoms with van der Waals surface area (Å²) in [7, 11) is 0. The normalized spacial score (nSPS) is 20.9. The smallest absolute Gasteiger partial charge is 0.293 e. The van der Waals surface area contributed by atoms with Crippen LogP contribution in [0.15, 0.2) is 54.9 Å². The highest BCUT2D eigenvalue weighted by molar-refractivity contribution is 6.11. The monoisotopic (exact) mass is 427 g/mol. The lowest BCUT2D eigenvalue weighted by Gasteiger charge is -2.38. The number of aromatic nitrogens is 4. The first-order chi connectivity index (χ1) is 15.7. The standard InChI is InChI=1S/C24H21N5O3/c30-18-13-20(32-19-9-8-15-5-1-2-7-17(15)21(18)19)16-6-3-11-28(14-16)23(31)22-26-24-25-10-4-12-29(24)27-22/h1-2,4-5,7-10,12,16,20H,3,6,11,13-14H2. The van der Waals surface area contributed by atoms with Crippen LogP contribution in [0.2, 0.25) is 0 Å². The van der Waals surface area contributed by atoms with Crippen LogP contribution in [-0.2, 0) is 0 Å². The fourth-order valence-electron chi connectivity index (χ4n) is 4.85. The van der Waals surface area contributed by atoms with Crippen LogP contribution in [0.5, 0.6) is 5.75 Å². The summed E-state index contributed by atoms with van der Waals surface area (Å²) in [5.41, 5.74) is 0.671. The van der Waals surface area contributed by atoms with E-state index in [1.165, 1.54) is 4.52 Å². The van der Waals surface area contributed by atoms with E-state index in [2.05, 4.69) is 15.1 Å². The number of hydrogen-bond donors (Lipinski definition) is 0. The first kappa shape index (κ1) is 18.9. The number of benzene rings is 2. The third kappa shape index (κ3) is 3.10. The Labute approximate surface area is 183 Å². The highest BCUT2D eigenvalue weighted by Gasteiger charge is 2.37. The van der Waals surface area contributed by atoms with E-state index in [0.29, 0.717) is 36.6 Å². The molecule has 0 aliphatic carbocycles. The molecule has 1 amide bonds. The molecule has 2 aromatic carbocycles. The molecule has 8 heteroatoms. The van der Waals surface area contributed by atoms with Crippen molar-refractivity contribution in [3.8, 4) is 5.75 Å². The maximum atomic E-state index is 13.1. The Morgan fingerprint density at radius 2 is 2.03 bits per heavy atom. The van der Waals surface area contributed by atoms with E-state index in [4.69, 9.17) is 4.74 Å². The molecular formula is C24H21N5O3. The minimum atomic E-state index is -0.248. The predicted molar refractivity (Wildman–Crippen MR) is 117 cm³/mol. The Morgan fingerprint density at radius 3 is 2.94 bits per heavy atom. The molecule has 160 valence electrons. The van der Waals surface area contributed by atoms with Gasteiger partial charge in [-0.15, -0.1) is 5.10 Å². The largest absolute Gasteiger partial charge is 0.489 e. The first-order valence-corrected chi connectivity index (χ1v) is 10.9. The van der Waals surface area contributed by atoms with Gasteiger partial charge in [-0.3, -0.25) is 9.59 Å². The molecule has 0 bridgehead atoms. The molecule has 0 radical (unpaired) electrons. The van der Waals surface area contributed by atoms with Crippen molar-refractivity contribution in [2.45, 2.75) is 25.4 Å². The molecule has 4 heterocycles. The molecular weight excluding hydrogens is 406 g/mol. The van der Waals surface area contributed by atoms with Crippen LogP contribution in [0, 0.1) is 5.92 Å². The van der Waals surface area contributed by atoms with Crippen molar-refractivity contribution in [3.63, 3.8) is 0 Å². The molecule has 8 nitrogen and oxygen atoms in total. The average molecular weight is 427 g/mol. The van der Waals surface area contributed by atoms with E-state index in [-0.39, 0.29) is 29.5 Å². The predicted octanol–water partition coefficient (Wildman–Crippen LogP) is 3.16. The van der Waals surface area contributed by atoms with Crippen molar-refractivity contribution in [2.75, 3.05) is 13.1 Å². The van der Waals surface area contributed by atoms with Crippen LogP contribution in [0.25, 0.3) is 16.6 Å². The van der Waals surface area contributed by atoms with Gasteiger partial charge in [0.05, 0.1) is 5.56 Å². The van der Waals surface area contributed by atoms with E-state index in [1.54, 1.807) is 23.4 Å². The van der Waals surface area contributed by atoms with Gasteiger partial charge in [0.15, 0.2) is 5.78 Å². The molecule has 1 saturated heterocycles. The Hall–Kier alpha value is -3.81. The third-order valence-corrected chi connectivity index (χ3v) is 6.41. The summed E-state index contributed by atoms with van der Waals surface area (Å²) in [6.07, 6.45) is 5.17. The number of likely N-dealkylation sites (tertiary alicyclic amines) is 1. The zero-order valence-corrected chi connectivity index (χ0v) is 17.3. The van der Waals surface area contributed by atoms with Gasteiger partial charge in [-0.25, -0.2) is 9.50 Å². The second-order valence-electron chi connectivity index (χ2n) is 8.40. The number of Topliss-reactive ketones (excluding diaryl/α,β-unsaturated/α-hetero) is 1. The van der Waals surface area contributed by atoms with Crippen molar-refractivity contribution >= 4 is 28.2 Å². The molecule has 2 unspecified atom stereocenters. The second kappa shape index (κ2) is 7.40. The lowest BCUT2D eigenvalue weighted by molar-refractivity contribution is 0.0404. The van der Waals surface area contributed by atoms with E-state index < -0.39 is 0 Å². The van der Waals surface area contributed by atoms with Crippen LogP contribution in [-0.4, -0.2) is 55.4 Å². The van der Waals surface area contributed by atoms with Gasteiger partial charge in [0, 0.05) is 37.8 Å². The van der Waals surface area contributed by atoms with Gasteiger partial charge in [-0.2, -0.15) is 4.98 Å². The van der Waals surface area contributed by atoms with E-state index in [0.717, 1.165) is 23.6 Å². The number of piperidine rings is 1. The number of carbonyl (C=O) groups is 2. The molecule has 2 atom stereocenters.